The molecule has 12 aromatic rings. The third-order valence-electron chi connectivity index (χ3n) is 14.3. The minimum Gasteiger partial charge on any atom is -0.457 e. The summed E-state index contributed by atoms with van der Waals surface area (Å²) in [5, 5.41) is 14.3. The van der Waals surface area contributed by atoms with E-state index in [1.54, 1.807) is 0 Å². The van der Waals surface area contributed by atoms with Crippen molar-refractivity contribution < 1.29 is 4.74 Å². The van der Waals surface area contributed by atoms with E-state index in [-0.39, 0.29) is 0 Å². The molecular weight excluding hydrogens is 853 g/mol. The van der Waals surface area contributed by atoms with Crippen LogP contribution in [-0.4, -0.2) is 19.1 Å². The molecule has 3 aliphatic rings. The number of hydrogen-bond donors (Lipinski definition) is 0. The zero-order chi connectivity index (χ0) is 44.7. The van der Waals surface area contributed by atoms with Crippen LogP contribution in [0.2, 0.25) is 0 Å². The Bertz CT molecular complexity index is 4170. The summed E-state index contributed by atoms with van der Waals surface area (Å²) < 4.78 is 11.7. The summed E-state index contributed by atoms with van der Waals surface area (Å²) in [6.45, 7) is 0. The van der Waals surface area contributed by atoms with E-state index in [2.05, 4.69) is 184 Å². The van der Waals surface area contributed by atoms with Crippen molar-refractivity contribution in [1.82, 2.24) is 19.1 Å². The smallest absolute Gasteiger partial charge is 0.134 e. The largest absolute Gasteiger partial charge is 0.457 e. The SMILES string of the molecule is N#Cc1ccc2c(c1)c1ccccc1n2-c1cnc2c(c1)C1(c3ccccc3Oc3cc(-n4c5ccccc5c5cc(N6c7ccccc7Sc7ccccc76)ccc54)ccc31)c1cccnc1-2. The highest BCUT2D eigenvalue weighted by atomic mass is 32.2. The number of rotatable bonds is 3. The maximum absolute atomic E-state index is 9.87. The van der Waals surface area contributed by atoms with E-state index in [0.29, 0.717) is 5.56 Å². The first-order valence-electron chi connectivity index (χ1n) is 22.7. The van der Waals surface area contributed by atoms with Gasteiger partial charge in [0, 0.05) is 71.7 Å². The number of fused-ring (bicyclic) bond motifs is 17. The molecule has 0 saturated heterocycles. The van der Waals surface area contributed by atoms with Crippen LogP contribution in [0.5, 0.6) is 11.5 Å². The van der Waals surface area contributed by atoms with E-state index in [1.807, 2.05) is 54.5 Å². The molecule has 316 valence electrons. The quantitative estimate of drug-likeness (QED) is 0.176. The van der Waals surface area contributed by atoms with E-state index in [1.165, 1.54) is 31.9 Å². The van der Waals surface area contributed by atoms with Gasteiger partial charge < -0.3 is 18.8 Å². The Morgan fingerprint density at radius 3 is 1.84 bits per heavy atom. The van der Waals surface area contributed by atoms with E-state index < -0.39 is 5.41 Å². The van der Waals surface area contributed by atoms with Gasteiger partial charge in [-0.25, -0.2) is 0 Å². The first-order valence-corrected chi connectivity index (χ1v) is 23.5. The second kappa shape index (κ2) is 13.8. The number of para-hydroxylation sites is 5. The summed E-state index contributed by atoms with van der Waals surface area (Å²) in [6, 6.07) is 71.2. The third-order valence-corrected chi connectivity index (χ3v) is 15.4. The standard InChI is InChI=1S/C60H34N6OS/c61-34-36-23-27-50-42(30-36)40-12-1-5-17-49(40)66(50)39-32-47-59(63-35-39)58-46(15-11-29-62-58)60(47)44-14-3-8-20-54(44)67-55-33-38(24-26-45(55)60)64-48-16-4-2-13-41(48)43-31-37(25-28-51(43)64)65-52-18-6-9-21-56(52)68-57-22-10-7-19-53(57)65/h1-33,35H. The first kappa shape index (κ1) is 37.3. The van der Waals surface area contributed by atoms with Crippen molar-refractivity contribution in [3.05, 3.63) is 234 Å². The van der Waals surface area contributed by atoms with Crippen molar-refractivity contribution in [2.24, 2.45) is 0 Å². The molecule has 1 spiro atoms. The molecule has 1 unspecified atom stereocenters. The Balaban J connectivity index is 0.943. The van der Waals surface area contributed by atoms with Gasteiger partial charge in [-0.05, 0) is 103 Å². The lowest BCUT2D eigenvalue weighted by molar-refractivity contribution is 0.436. The van der Waals surface area contributed by atoms with Crippen molar-refractivity contribution in [1.29, 1.82) is 5.26 Å². The summed E-state index contributed by atoms with van der Waals surface area (Å²) in [7, 11) is 0. The maximum atomic E-state index is 9.87. The molecule has 1 aliphatic carbocycles. The lowest BCUT2D eigenvalue weighted by atomic mass is 9.66. The zero-order valence-corrected chi connectivity index (χ0v) is 36.9. The van der Waals surface area contributed by atoms with Gasteiger partial charge in [0.15, 0.2) is 0 Å². The summed E-state index contributed by atoms with van der Waals surface area (Å²) in [5.41, 5.74) is 15.4. The van der Waals surface area contributed by atoms with Crippen LogP contribution < -0.4 is 9.64 Å². The summed E-state index contributed by atoms with van der Waals surface area (Å²) in [6.07, 6.45) is 3.83. The van der Waals surface area contributed by atoms with Crippen molar-refractivity contribution in [3.8, 4) is 40.3 Å². The minimum absolute atomic E-state index is 0.627. The van der Waals surface area contributed by atoms with E-state index in [0.717, 1.165) is 95.0 Å². The Morgan fingerprint density at radius 2 is 1.06 bits per heavy atom. The summed E-state index contributed by atoms with van der Waals surface area (Å²) >= 11 is 1.82. The molecule has 8 heteroatoms. The molecular formula is C60H34N6OS. The maximum Gasteiger partial charge on any atom is 0.134 e. The van der Waals surface area contributed by atoms with Crippen LogP contribution in [0.25, 0.3) is 66.4 Å². The number of ether oxygens (including phenoxy) is 1. The third kappa shape index (κ3) is 4.92. The molecule has 1 atom stereocenters. The highest BCUT2D eigenvalue weighted by Crippen LogP contribution is 2.62. The fourth-order valence-corrected chi connectivity index (χ4v) is 12.6. The molecule has 4 aromatic heterocycles. The topological polar surface area (TPSA) is 71.9 Å². The van der Waals surface area contributed by atoms with Gasteiger partial charge in [-0.2, -0.15) is 5.26 Å². The number of nitriles is 1. The highest BCUT2D eigenvalue weighted by molar-refractivity contribution is 7.99. The molecule has 6 heterocycles. The molecule has 2 aliphatic heterocycles. The lowest BCUT2D eigenvalue weighted by Gasteiger charge is -2.39. The zero-order valence-electron chi connectivity index (χ0n) is 36.1. The number of nitrogens with zero attached hydrogens (tertiary/aromatic N) is 6. The van der Waals surface area contributed by atoms with Gasteiger partial charge in [0.2, 0.25) is 0 Å². The van der Waals surface area contributed by atoms with Gasteiger partial charge in [0.1, 0.15) is 11.5 Å². The van der Waals surface area contributed by atoms with Gasteiger partial charge in [0.25, 0.3) is 0 Å². The van der Waals surface area contributed by atoms with Crippen LogP contribution in [0.3, 0.4) is 0 Å². The number of anilines is 3. The van der Waals surface area contributed by atoms with Gasteiger partial charge in [-0.3, -0.25) is 9.97 Å². The lowest BCUT2D eigenvalue weighted by Crippen LogP contribution is -2.32. The summed E-state index contributed by atoms with van der Waals surface area (Å²) in [5.74, 6) is 1.56. The number of benzene rings is 8. The minimum atomic E-state index is -0.799. The molecule has 0 saturated carbocycles. The van der Waals surface area contributed by atoms with Crippen molar-refractivity contribution in [3.63, 3.8) is 0 Å². The Hall–Kier alpha value is -8.90. The average molecular weight is 887 g/mol. The molecule has 0 radical (unpaired) electrons. The van der Waals surface area contributed by atoms with Crippen LogP contribution >= 0.6 is 11.8 Å². The Morgan fingerprint density at radius 1 is 0.456 bits per heavy atom. The fraction of sp³-hybridized carbons (Fsp3) is 0.0167. The fourth-order valence-electron chi connectivity index (χ4n) is 11.5. The number of pyridine rings is 2. The van der Waals surface area contributed by atoms with Gasteiger partial charge in [-0.15, -0.1) is 0 Å². The molecule has 0 bridgehead atoms. The molecule has 0 N–H and O–H groups in total. The van der Waals surface area contributed by atoms with Crippen LogP contribution in [0.15, 0.2) is 216 Å². The van der Waals surface area contributed by atoms with Crippen LogP contribution in [0.4, 0.5) is 17.1 Å². The predicted octanol–water partition coefficient (Wildman–Crippen LogP) is 14.9. The number of aromatic nitrogens is 4. The molecule has 8 aromatic carbocycles. The van der Waals surface area contributed by atoms with Crippen molar-refractivity contribution >= 4 is 72.4 Å². The van der Waals surface area contributed by atoms with Crippen LogP contribution in [0, 0.1) is 11.3 Å². The predicted molar refractivity (Wildman–Crippen MR) is 272 cm³/mol. The van der Waals surface area contributed by atoms with Crippen LogP contribution in [-0.2, 0) is 5.41 Å². The van der Waals surface area contributed by atoms with Crippen LogP contribution in [0.1, 0.15) is 27.8 Å². The average Bonchev–Trinajstić information content (AvgIpc) is 4.01. The Labute approximate surface area is 394 Å². The number of hydrogen-bond acceptors (Lipinski definition) is 6. The second-order valence-corrected chi connectivity index (χ2v) is 18.7. The second-order valence-electron chi connectivity index (χ2n) is 17.6. The molecule has 68 heavy (non-hydrogen) atoms. The van der Waals surface area contributed by atoms with E-state index in [4.69, 9.17) is 14.7 Å². The highest BCUT2D eigenvalue weighted by Gasteiger charge is 2.52. The van der Waals surface area contributed by atoms with Crippen molar-refractivity contribution in [2.75, 3.05) is 4.90 Å². The van der Waals surface area contributed by atoms with Gasteiger partial charge >= 0.3 is 0 Å². The van der Waals surface area contributed by atoms with E-state index in [9.17, 15) is 5.26 Å². The molecule has 15 rings (SSSR count). The molecule has 0 amide bonds. The first-order chi connectivity index (χ1) is 33.7. The molecule has 7 nitrogen and oxygen atoms in total. The molecule has 0 fully saturated rings. The van der Waals surface area contributed by atoms with Crippen molar-refractivity contribution in [2.45, 2.75) is 15.2 Å². The monoisotopic (exact) mass is 886 g/mol. The van der Waals surface area contributed by atoms with Gasteiger partial charge in [-0.1, -0.05) is 103 Å². The Kier molecular flexibility index (Phi) is 7.58. The van der Waals surface area contributed by atoms with E-state index >= 15 is 0 Å². The normalized spacial score (nSPS) is 15.1. The van der Waals surface area contributed by atoms with Gasteiger partial charge in [0.05, 0.1) is 73.8 Å². The summed E-state index contributed by atoms with van der Waals surface area (Å²) in [4.78, 5) is 15.2.